The van der Waals surface area contributed by atoms with E-state index in [0.29, 0.717) is 6.61 Å². The van der Waals surface area contributed by atoms with Crippen molar-refractivity contribution in [2.45, 2.75) is 26.4 Å². The van der Waals surface area contributed by atoms with Crippen molar-refractivity contribution < 1.29 is 9.84 Å². The normalized spacial score (nSPS) is 11.4. The molecule has 19 heavy (non-hydrogen) atoms. The fraction of sp³-hybridized carbons (Fsp3) is 0.312. The van der Waals surface area contributed by atoms with Crippen LogP contribution in [-0.4, -0.2) is 16.7 Å². The summed E-state index contributed by atoms with van der Waals surface area (Å²) in [4.78, 5) is 4.20. The molecule has 1 heterocycles. The molecule has 0 saturated carbocycles. The Bertz CT molecular complexity index is 559. The van der Waals surface area contributed by atoms with Crippen molar-refractivity contribution >= 4 is 0 Å². The van der Waals surface area contributed by atoms with Crippen LogP contribution in [0.4, 0.5) is 0 Å². The molecule has 100 valence electrons. The van der Waals surface area contributed by atoms with Gasteiger partial charge in [-0.2, -0.15) is 0 Å². The van der Waals surface area contributed by atoms with E-state index in [-0.39, 0.29) is 0 Å². The van der Waals surface area contributed by atoms with Gasteiger partial charge < -0.3 is 9.84 Å². The van der Waals surface area contributed by atoms with Gasteiger partial charge in [0, 0.05) is 23.5 Å². The van der Waals surface area contributed by atoms with E-state index in [9.17, 15) is 5.11 Å². The molecule has 0 aliphatic rings. The Kier molecular flexibility index (Phi) is 3.86. The van der Waals surface area contributed by atoms with Gasteiger partial charge in [0.1, 0.15) is 5.75 Å². The number of aromatic nitrogens is 1. The van der Waals surface area contributed by atoms with Crippen LogP contribution in [0.15, 0.2) is 42.7 Å². The third-order valence-corrected chi connectivity index (χ3v) is 2.92. The van der Waals surface area contributed by atoms with Crippen molar-refractivity contribution in [1.29, 1.82) is 0 Å². The van der Waals surface area contributed by atoms with E-state index in [1.165, 1.54) is 0 Å². The quantitative estimate of drug-likeness (QED) is 0.913. The van der Waals surface area contributed by atoms with Crippen LogP contribution >= 0.6 is 0 Å². The Balaban J connectivity index is 2.39. The monoisotopic (exact) mass is 257 g/mol. The van der Waals surface area contributed by atoms with E-state index >= 15 is 0 Å². The lowest BCUT2D eigenvalue weighted by Crippen LogP contribution is -2.15. The summed E-state index contributed by atoms with van der Waals surface area (Å²) >= 11 is 0. The summed E-state index contributed by atoms with van der Waals surface area (Å²) in [6, 6.07) is 9.83. The zero-order valence-electron chi connectivity index (χ0n) is 11.6. The van der Waals surface area contributed by atoms with Crippen LogP contribution in [0.2, 0.25) is 0 Å². The third-order valence-electron chi connectivity index (χ3n) is 2.92. The summed E-state index contributed by atoms with van der Waals surface area (Å²) in [6.45, 7) is 6.11. The van der Waals surface area contributed by atoms with Crippen LogP contribution < -0.4 is 4.74 Å². The van der Waals surface area contributed by atoms with Crippen molar-refractivity contribution in [3.8, 4) is 16.9 Å². The average Bonchev–Trinajstić information content (AvgIpc) is 2.39. The van der Waals surface area contributed by atoms with E-state index < -0.39 is 5.60 Å². The molecule has 0 aliphatic carbocycles. The van der Waals surface area contributed by atoms with E-state index in [2.05, 4.69) is 4.98 Å². The van der Waals surface area contributed by atoms with Crippen molar-refractivity contribution in [1.82, 2.24) is 4.98 Å². The lowest BCUT2D eigenvalue weighted by molar-refractivity contribution is 0.0783. The molecule has 1 aromatic carbocycles. The highest BCUT2D eigenvalue weighted by Crippen LogP contribution is 2.27. The van der Waals surface area contributed by atoms with Crippen LogP contribution in [0.25, 0.3) is 11.1 Å². The van der Waals surface area contributed by atoms with Gasteiger partial charge in [0.15, 0.2) is 0 Å². The summed E-state index contributed by atoms with van der Waals surface area (Å²) in [5.41, 5.74) is 1.91. The zero-order chi connectivity index (χ0) is 13.9. The Morgan fingerprint density at radius 3 is 2.63 bits per heavy atom. The van der Waals surface area contributed by atoms with Crippen molar-refractivity contribution in [2.75, 3.05) is 6.61 Å². The molecule has 2 aromatic rings. The highest BCUT2D eigenvalue weighted by atomic mass is 16.5. The first-order valence-corrected chi connectivity index (χ1v) is 6.42. The SMILES string of the molecule is CCOc1cccc(-c2cncc(C(C)(C)O)c2)c1. The molecule has 3 heteroatoms. The van der Waals surface area contributed by atoms with E-state index in [1.807, 2.05) is 37.3 Å². The molecule has 0 atom stereocenters. The molecule has 0 spiro atoms. The molecule has 1 aromatic heterocycles. The van der Waals surface area contributed by atoms with Crippen molar-refractivity contribution in [2.24, 2.45) is 0 Å². The van der Waals surface area contributed by atoms with Gasteiger partial charge in [0.2, 0.25) is 0 Å². The predicted molar refractivity (Wildman–Crippen MR) is 76.1 cm³/mol. The Morgan fingerprint density at radius 2 is 1.95 bits per heavy atom. The molecule has 3 nitrogen and oxygen atoms in total. The van der Waals surface area contributed by atoms with E-state index in [4.69, 9.17) is 4.74 Å². The number of ether oxygens (including phenoxy) is 1. The Labute approximate surface area is 113 Å². The maximum absolute atomic E-state index is 10.0. The minimum atomic E-state index is -0.888. The van der Waals surface area contributed by atoms with Gasteiger partial charge in [-0.25, -0.2) is 0 Å². The summed E-state index contributed by atoms with van der Waals surface area (Å²) in [7, 11) is 0. The van der Waals surface area contributed by atoms with Gasteiger partial charge in [-0.3, -0.25) is 4.98 Å². The lowest BCUT2D eigenvalue weighted by Gasteiger charge is -2.18. The molecular formula is C16H19NO2. The number of hydrogen-bond acceptors (Lipinski definition) is 3. The number of aliphatic hydroxyl groups is 1. The number of pyridine rings is 1. The maximum atomic E-state index is 10.0. The second-order valence-corrected chi connectivity index (χ2v) is 4.98. The largest absolute Gasteiger partial charge is 0.494 e. The molecule has 0 unspecified atom stereocenters. The second kappa shape index (κ2) is 5.41. The summed E-state index contributed by atoms with van der Waals surface area (Å²) in [6.07, 6.45) is 3.48. The lowest BCUT2D eigenvalue weighted by atomic mass is 9.97. The Hall–Kier alpha value is -1.87. The van der Waals surface area contributed by atoms with Gasteiger partial charge in [0.25, 0.3) is 0 Å². The molecule has 2 rings (SSSR count). The highest BCUT2D eigenvalue weighted by molar-refractivity contribution is 5.65. The molecular weight excluding hydrogens is 238 g/mol. The van der Waals surface area contributed by atoms with Crippen LogP contribution in [0.5, 0.6) is 5.75 Å². The maximum Gasteiger partial charge on any atom is 0.119 e. The fourth-order valence-electron chi connectivity index (χ4n) is 1.86. The average molecular weight is 257 g/mol. The van der Waals surface area contributed by atoms with Gasteiger partial charge >= 0.3 is 0 Å². The van der Waals surface area contributed by atoms with Crippen LogP contribution in [0.3, 0.4) is 0 Å². The van der Waals surface area contributed by atoms with E-state index in [0.717, 1.165) is 22.4 Å². The molecule has 0 aliphatic heterocycles. The fourth-order valence-corrected chi connectivity index (χ4v) is 1.86. The standard InChI is InChI=1S/C16H19NO2/c1-4-19-15-7-5-6-12(9-15)13-8-14(11-17-10-13)16(2,3)18/h5-11,18H,4H2,1-3H3. The number of rotatable bonds is 4. The number of nitrogens with zero attached hydrogens (tertiary/aromatic N) is 1. The van der Waals surface area contributed by atoms with Crippen molar-refractivity contribution in [3.63, 3.8) is 0 Å². The number of hydrogen-bond donors (Lipinski definition) is 1. The summed E-state index contributed by atoms with van der Waals surface area (Å²) in [5.74, 6) is 0.841. The highest BCUT2D eigenvalue weighted by Gasteiger charge is 2.16. The second-order valence-electron chi connectivity index (χ2n) is 4.98. The molecule has 1 N–H and O–H groups in total. The Morgan fingerprint density at radius 1 is 1.16 bits per heavy atom. The predicted octanol–water partition coefficient (Wildman–Crippen LogP) is 3.37. The molecule has 0 bridgehead atoms. The molecule has 0 saturated heterocycles. The van der Waals surface area contributed by atoms with Crippen LogP contribution in [0.1, 0.15) is 26.3 Å². The number of benzene rings is 1. The van der Waals surface area contributed by atoms with Crippen molar-refractivity contribution in [3.05, 3.63) is 48.3 Å². The van der Waals surface area contributed by atoms with Gasteiger partial charge in [-0.15, -0.1) is 0 Å². The summed E-state index contributed by atoms with van der Waals surface area (Å²) in [5, 5.41) is 10.0. The zero-order valence-corrected chi connectivity index (χ0v) is 11.6. The topological polar surface area (TPSA) is 42.4 Å². The molecule has 0 amide bonds. The summed E-state index contributed by atoms with van der Waals surface area (Å²) < 4.78 is 5.50. The first-order chi connectivity index (χ1) is 9.00. The van der Waals surface area contributed by atoms with Crippen LogP contribution in [-0.2, 0) is 5.60 Å². The van der Waals surface area contributed by atoms with Gasteiger partial charge in [-0.05, 0) is 44.5 Å². The van der Waals surface area contributed by atoms with E-state index in [1.54, 1.807) is 26.2 Å². The smallest absolute Gasteiger partial charge is 0.119 e. The van der Waals surface area contributed by atoms with Gasteiger partial charge in [-0.1, -0.05) is 12.1 Å². The first kappa shape index (κ1) is 13.6. The van der Waals surface area contributed by atoms with Gasteiger partial charge in [0.05, 0.1) is 12.2 Å². The third kappa shape index (κ3) is 3.32. The first-order valence-electron chi connectivity index (χ1n) is 6.42. The van der Waals surface area contributed by atoms with Crippen LogP contribution in [0, 0.1) is 0 Å². The minimum absolute atomic E-state index is 0.644. The minimum Gasteiger partial charge on any atom is -0.494 e. The molecule has 0 radical (unpaired) electrons. The molecule has 0 fully saturated rings.